The van der Waals surface area contributed by atoms with Gasteiger partial charge in [-0.25, -0.2) is 0 Å². The van der Waals surface area contributed by atoms with Gasteiger partial charge in [0.05, 0.1) is 0 Å². The molecule has 2 rings (SSSR count). The molecule has 2 nitrogen and oxygen atoms in total. The van der Waals surface area contributed by atoms with Gasteiger partial charge in [-0.1, -0.05) is 41.9 Å². The molecule has 1 unspecified atom stereocenters. The molecule has 0 bridgehead atoms. The number of carboxylic acids is 1. The largest absolute Gasteiger partial charge is 0.480 e. The van der Waals surface area contributed by atoms with Crippen LogP contribution in [0.25, 0.3) is 10.8 Å². The Kier molecular flexibility index (Phi) is 3.08. The molecule has 4 heteroatoms. The third kappa shape index (κ3) is 1.88. The molecule has 0 radical (unpaired) electrons. The fourth-order valence-electron chi connectivity index (χ4n) is 1.68. The lowest BCUT2D eigenvalue weighted by molar-refractivity contribution is -0.136. The van der Waals surface area contributed by atoms with Crippen molar-refractivity contribution in [3.05, 3.63) is 47.0 Å². The van der Waals surface area contributed by atoms with Gasteiger partial charge in [0.15, 0.2) is 0 Å². The number of halogens is 1. The van der Waals surface area contributed by atoms with Crippen molar-refractivity contribution in [1.82, 2.24) is 0 Å². The summed E-state index contributed by atoms with van der Waals surface area (Å²) in [6, 6.07) is 10.9. The molecule has 16 heavy (non-hydrogen) atoms. The second-order valence-electron chi connectivity index (χ2n) is 3.43. The van der Waals surface area contributed by atoms with Crippen LogP contribution in [0, 0.1) is 0 Å². The summed E-state index contributed by atoms with van der Waals surface area (Å²) in [5.74, 6) is -0.976. The number of carbonyl (C=O) groups is 1. The number of thiol groups is 1. The highest BCUT2D eigenvalue weighted by Gasteiger charge is 2.18. The lowest BCUT2D eigenvalue weighted by atomic mass is 10.0. The summed E-state index contributed by atoms with van der Waals surface area (Å²) in [6.45, 7) is 0. The van der Waals surface area contributed by atoms with Gasteiger partial charge in [-0.2, -0.15) is 12.6 Å². The molecule has 0 aliphatic rings. The van der Waals surface area contributed by atoms with E-state index in [1.165, 1.54) is 0 Å². The number of aliphatic carboxylic acids is 1. The molecule has 0 aliphatic carbocycles. The van der Waals surface area contributed by atoms with Crippen molar-refractivity contribution in [2.45, 2.75) is 5.25 Å². The third-order valence-electron chi connectivity index (χ3n) is 2.41. The van der Waals surface area contributed by atoms with Gasteiger partial charge in [-0.15, -0.1) is 0 Å². The van der Waals surface area contributed by atoms with Crippen molar-refractivity contribution in [3.8, 4) is 0 Å². The molecule has 2 aromatic rings. The number of benzene rings is 2. The average Bonchev–Trinajstić information content (AvgIpc) is 2.27. The van der Waals surface area contributed by atoms with Crippen LogP contribution in [0.1, 0.15) is 10.8 Å². The van der Waals surface area contributed by atoms with Crippen LogP contribution in [0.4, 0.5) is 0 Å². The molecule has 0 aromatic heterocycles. The predicted molar refractivity (Wildman–Crippen MR) is 68.3 cm³/mol. The predicted octanol–water partition coefficient (Wildman–Crippen LogP) is 3.55. The first kappa shape index (κ1) is 11.3. The first-order valence-corrected chi connectivity index (χ1v) is 5.58. The minimum atomic E-state index is -0.976. The fourth-order valence-corrected chi connectivity index (χ4v) is 2.19. The van der Waals surface area contributed by atoms with Crippen molar-refractivity contribution in [1.29, 1.82) is 0 Å². The van der Waals surface area contributed by atoms with E-state index >= 15 is 0 Å². The highest BCUT2D eigenvalue weighted by molar-refractivity contribution is 7.81. The Morgan fingerprint density at radius 3 is 2.50 bits per heavy atom. The first-order valence-electron chi connectivity index (χ1n) is 4.69. The second kappa shape index (κ2) is 4.36. The van der Waals surface area contributed by atoms with Crippen LogP contribution in [0.3, 0.4) is 0 Å². The van der Waals surface area contributed by atoms with Gasteiger partial charge in [-0.3, -0.25) is 4.79 Å². The van der Waals surface area contributed by atoms with E-state index in [0.717, 1.165) is 10.8 Å². The summed E-state index contributed by atoms with van der Waals surface area (Å²) in [6.07, 6.45) is 0. The number of rotatable bonds is 2. The van der Waals surface area contributed by atoms with Gasteiger partial charge < -0.3 is 5.11 Å². The maximum atomic E-state index is 10.9. The summed E-state index contributed by atoms with van der Waals surface area (Å²) in [5.41, 5.74) is 0.624. The summed E-state index contributed by atoms with van der Waals surface area (Å²) in [4.78, 5) is 10.9. The molecule has 0 saturated heterocycles. The molecule has 0 amide bonds. The van der Waals surface area contributed by atoms with E-state index in [1.807, 2.05) is 18.2 Å². The van der Waals surface area contributed by atoms with Gasteiger partial charge in [0, 0.05) is 10.4 Å². The summed E-state index contributed by atoms with van der Waals surface area (Å²) < 4.78 is 0. The molecular formula is C12H9ClO2S. The van der Waals surface area contributed by atoms with Gasteiger partial charge in [0.2, 0.25) is 0 Å². The molecule has 1 N–H and O–H groups in total. The van der Waals surface area contributed by atoms with Crippen LogP contribution in [0.5, 0.6) is 0 Å². The van der Waals surface area contributed by atoms with Crippen LogP contribution in [0.2, 0.25) is 5.02 Å². The molecule has 0 saturated carbocycles. The average molecular weight is 253 g/mol. The van der Waals surface area contributed by atoms with Crippen LogP contribution >= 0.6 is 24.2 Å². The standard InChI is InChI=1S/C12H9ClO2S/c13-9-6-2-4-7-3-1-5-8(10(7)9)11(16)12(14)15/h1-6,11,16H,(H,14,15). The number of fused-ring (bicyclic) bond motifs is 1. The molecular weight excluding hydrogens is 244 g/mol. The highest BCUT2D eigenvalue weighted by Crippen LogP contribution is 2.33. The SMILES string of the molecule is O=C(O)C(S)c1cccc2cccc(Cl)c12. The van der Waals surface area contributed by atoms with Crippen LogP contribution < -0.4 is 0 Å². The number of carboxylic acid groups (broad SMARTS) is 1. The van der Waals surface area contributed by atoms with E-state index in [-0.39, 0.29) is 0 Å². The Hall–Kier alpha value is -1.19. The van der Waals surface area contributed by atoms with Gasteiger partial charge >= 0.3 is 5.97 Å². The lowest BCUT2D eigenvalue weighted by Gasteiger charge is -2.11. The molecule has 1 atom stereocenters. The summed E-state index contributed by atoms with van der Waals surface area (Å²) in [7, 11) is 0. The zero-order valence-corrected chi connectivity index (χ0v) is 9.87. The van der Waals surface area contributed by atoms with Crippen LogP contribution in [-0.2, 0) is 4.79 Å². The van der Waals surface area contributed by atoms with Crippen molar-refractivity contribution in [2.24, 2.45) is 0 Å². The summed E-state index contributed by atoms with van der Waals surface area (Å²) in [5, 5.41) is 10.3. The fraction of sp³-hybridized carbons (Fsp3) is 0.0833. The second-order valence-corrected chi connectivity index (χ2v) is 4.35. The molecule has 0 heterocycles. The Morgan fingerprint density at radius 1 is 1.25 bits per heavy atom. The van der Waals surface area contributed by atoms with E-state index in [4.69, 9.17) is 16.7 Å². The lowest BCUT2D eigenvalue weighted by Crippen LogP contribution is -2.05. The molecule has 0 aliphatic heterocycles. The molecule has 82 valence electrons. The Morgan fingerprint density at radius 2 is 1.88 bits per heavy atom. The Balaban J connectivity index is 2.75. The molecule has 2 aromatic carbocycles. The van der Waals surface area contributed by atoms with E-state index in [1.54, 1.807) is 18.2 Å². The van der Waals surface area contributed by atoms with Crippen molar-refractivity contribution in [3.63, 3.8) is 0 Å². The quantitative estimate of drug-likeness (QED) is 0.802. The smallest absolute Gasteiger partial charge is 0.320 e. The van der Waals surface area contributed by atoms with Crippen LogP contribution in [0.15, 0.2) is 36.4 Å². The Bertz CT molecular complexity index is 548. The zero-order valence-electron chi connectivity index (χ0n) is 8.22. The highest BCUT2D eigenvalue weighted by atomic mass is 35.5. The number of hydrogen-bond acceptors (Lipinski definition) is 2. The van der Waals surface area contributed by atoms with Crippen LogP contribution in [-0.4, -0.2) is 11.1 Å². The molecule has 0 fully saturated rings. The van der Waals surface area contributed by atoms with E-state index in [0.29, 0.717) is 10.6 Å². The van der Waals surface area contributed by atoms with Crippen molar-refractivity contribution >= 4 is 41.0 Å². The zero-order chi connectivity index (χ0) is 11.7. The normalized spacial score (nSPS) is 12.6. The topological polar surface area (TPSA) is 37.3 Å². The van der Waals surface area contributed by atoms with Crippen molar-refractivity contribution in [2.75, 3.05) is 0 Å². The van der Waals surface area contributed by atoms with Crippen molar-refractivity contribution < 1.29 is 9.90 Å². The van der Waals surface area contributed by atoms with E-state index in [9.17, 15) is 4.79 Å². The van der Waals surface area contributed by atoms with Gasteiger partial charge in [-0.05, 0) is 17.0 Å². The maximum Gasteiger partial charge on any atom is 0.320 e. The third-order valence-corrected chi connectivity index (χ3v) is 3.23. The Labute approximate surface area is 103 Å². The van der Waals surface area contributed by atoms with E-state index < -0.39 is 11.2 Å². The number of hydrogen-bond donors (Lipinski definition) is 2. The first-order chi connectivity index (χ1) is 7.61. The van der Waals surface area contributed by atoms with Gasteiger partial charge in [0.25, 0.3) is 0 Å². The maximum absolute atomic E-state index is 10.9. The minimum absolute atomic E-state index is 0.549. The molecule has 0 spiro atoms. The summed E-state index contributed by atoms with van der Waals surface area (Å²) >= 11 is 10.2. The van der Waals surface area contributed by atoms with E-state index in [2.05, 4.69) is 12.6 Å². The monoisotopic (exact) mass is 252 g/mol. The minimum Gasteiger partial charge on any atom is -0.480 e. The van der Waals surface area contributed by atoms with Gasteiger partial charge in [0.1, 0.15) is 5.25 Å².